The van der Waals surface area contributed by atoms with Gasteiger partial charge in [-0.1, -0.05) is 17.7 Å². The lowest BCUT2D eigenvalue weighted by Gasteiger charge is -2.01. The van der Waals surface area contributed by atoms with Gasteiger partial charge >= 0.3 is 0 Å². The number of hydrogen-bond acceptors (Lipinski definition) is 1. The zero-order valence-electron chi connectivity index (χ0n) is 5.92. The van der Waals surface area contributed by atoms with Gasteiger partial charge in [0, 0.05) is 5.30 Å². The molecule has 0 saturated carbocycles. The smallest absolute Gasteiger partial charge is 0.281 e. The Balaban J connectivity index is 3.17. The normalized spacial score (nSPS) is 11.5. The van der Waals surface area contributed by atoms with Crippen LogP contribution in [0.25, 0.3) is 0 Å². The van der Waals surface area contributed by atoms with Crippen LogP contribution < -0.4 is 5.30 Å². The van der Waals surface area contributed by atoms with Crippen molar-refractivity contribution in [1.29, 1.82) is 0 Å². The highest BCUT2D eigenvalue weighted by Gasteiger charge is 2.16. The number of rotatable bonds is 1. The third kappa shape index (κ3) is 2.52. The van der Waals surface area contributed by atoms with Gasteiger partial charge in [0.05, 0.1) is 0 Å². The predicted octanol–water partition coefficient (Wildman–Crippen LogP) is 3.29. The third-order valence-electron chi connectivity index (χ3n) is 1.30. The lowest BCUT2D eigenvalue weighted by atomic mass is 10.2. The van der Waals surface area contributed by atoms with Gasteiger partial charge in [0.1, 0.15) is 0 Å². The first-order valence-electron chi connectivity index (χ1n) is 3.07. The van der Waals surface area contributed by atoms with Gasteiger partial charge in [-0.2, -0.15) is 0 Å². The first kappa shape index (κ1) is 9.12. The van der Waals surface area contributed by atoms with E-state index in [0.29, 0.717) is 5.30 Å². The van der Waals surface area contributed by atoms with E-state index in [2.05, 4.69) is 0 Å². The largest absolute Gasteiger partial charge is 0.284 e. The standard InChI is InChI=1S/C7H7Cl2OP/c1-6-3-2-4-7(5-6)11(8,9)10/h2-5H,1H3. The number of halogens is 2. The number of benzene rings is 1. The van der Waals surface area contributed by atoms with Crippen LogP contribution in [0.2, 0.25) is 0 Å². The van der Waals surface area contributed by atoms with Gasteiger partial charge in [-0.05, 0) is 41.5 Å². The molecule has 0 spiro atoms. The molecule has 0 amide bonds. The van der Waals surface area contributed by atoms with E-state index >= 15 is 0 Å². The molecule has 4 heteroatoms. The van der Waals surface area contributed by atoms with Crippen molar-refractivity contribution >= 4 is 33.6 Å². The fraction of sp³-hybridized carbons (Fsp3) is 0.143. The van der Waals surface area contributed by atoms with Crippen LogP contribution in [-0.4, -0.2) is 0 Å². The molecule has 0 aliphatic carbocycles. The van der Waals surface area contributed by atoms with Crippen LogP contribution in [0.4, 0.5) is 0 Å². The lowest BCUT2D eigenvalue weighted by molar-refractivity contribution is 0.597. The maximum absolute atomic E-state index is 11.1. The fourth-order valence-electron chi connectivity index (χ4n) is 0.790. The van der Waals surface area contributed by atoms with Gasteiger partial charge in [-0.3, -0.25) is 4.57 Å². The lowest BCUT2D eigenvalue weighted by Crippen LogP contribution is -1.96. The second-order valence-electron chi connectivity index (χ2n) is 2.30. The van der Waals surface area contributed by atoms with Crippen molar-refractivity contribution in [3.8, 4) is 0 Å². The Kier molecular flexibility index (Phi) is 2.64. The molecule has 1 nitrogen and oxygen atoms in total. The summed E-state index contributed by atoms with van der Waals surface area (Å²) < 4.78 is 11.1. The summed E-state index contributed by atoms with van der Waals surface area (Å²) in [5, 5.41) is 0.501. The third-order valence-corrected chi connectivity index (χ3v) is 3.35. The molecule has 0 aliphatic heterocycles. The maximum Gasteiger partial charge on any atom is 0.281 e. The maximum atomic E-state index is 11.1. The molecule has 0 unspecified atom stereocenters. The van der Waals surface area contributed by atoms with Crippen molar-refractivity contribution in [3.05, 3.63) is 29.8 Å². The fourth-order valence-corrected chi connectivity index (χ4v) is 2.03. The van der Waals surface area contributed by atoms with Crippen molar-refractivity contribution in [2.45, 2.75) is 6.92 Å². The zero-order valence-corrected chi connectivity index (χ0v) is 8.33. The van der Waals surface area contributed by atoms with Crippen LogP contribution >= 0.6 is 28.3 Å². The monoisotopic (exact) mass is 208 g/mol. The minimum atomic E-state index is -3.10. The van der Waals surface area contributed by atoms with Crippen LogP contribution in [0.5, 0.6) is 0 Å². The zero-order chi connectivity index (χ0) is 8.48. The van der Waals surface area contributed by atoms with Crippen LogP contribution in [0.3, 0.4) is 0 Å². The average molecular weight is 209 g/mol. The highest BCUT2D eigenvalue weighted by atomic mass is 35.9. The SMILES string of the molecule is Cc1cccc(P(=O)(Cl)Cl)c1. The van der Waals surface area contributed by atoms with Crippen molar-refractivity contribution in [2.24, 2.45) is 0 Å². The van der Waals surface area contributed by atoms with Gasteiger partial charge in [0.25, 0.3) is 5.85 Å². The molecule has 1 aromatic rings. The summed E-state index contributed by atoms with van der Waals surface area (Å²) in [7, 11) is 0. The van der Waals surface area contributed by atoms with Gasteiger partial charge in [0.15, 0.2) is 0 Å². The van der Waals surface area contributed by atoms with Crippen molar-refractivity contribution in [2.75, 3.05) is 0 Å². The summed E-state index contributed by atoms with van der Waals surface area (Å²) in [5.74, 6) is -3.10. The molecule has 60 valence electrons. The molecule has 0 saturated heterocycles. The Morgan fingerprint density at radius 3 is 2.36 bits per heavy atom. The highest BCUT2D eigenvalue weighted by Crippen LogP contribution is 2.55. The molecule has 11 heavy (non-hydrogen) atoms. The minimum absolute atomic E-state index is 0.501. The Morgan fingerprint density at radius 2 is 2.00 bits per heavy atom. The Bertz CT molecular complexity index is 305. The average Bonchev–Trinajstić information content (AvgIpc) is 1.86. The Hall–Kier alpha value is 0.0300. The van der Waals surface area contributed by atoms with E-state index in [0.717, 1.165) is 5.56 Å². The number of aryl methyl sites for hydroxylation is 1. The summed E-state index contributed by atoms with van der Waals surface area (Å²) >= 11 is 10.9. The first-order valence-corrected chi connectivity index (χ1v) is 6.58. The molecule has 1 aromatic carbocycles. The van der Waals surface area contributed by atoms with Gasteiger partial charge in [-0.15, -0.1) is 0 Å². The quantitative estimate of drug-likeness (QED) is 0.648. The summed E-state index contributed by atoms with van der Waals surface area (Å²) in [6, 6.07) is 7.06. The number of hydrogen-bond donors (Lipinski definition) is 0. The van der Waals surface area contributed by atoms with Crippen molar-refractivity contribution < 1.29 is 4.57 Å². The molecule has 0 aromatic heterocycles. The van der Waals surface area contributed by atoms with Crippen LogP contribution in [0, 0.1) is 6.92 Å². The topological polar surface area (TPSA) is 17.1 Å². The predicted molar refractivity (Wildman–Crippen MR) is 50.1 cm³/mol. The van der Waals surface area contributed by atoms with E-state index in [1.165, 1.54) is 0 Å². The second-order valence-corrected chi connectivity index (χ2v) is 7.12. The molecule has 0 radical (unpaired) electrons. The molecule has 0 bridgehead atoms. The van der Waals surface area contributed by atoms with E-state index in [4.69, 9.17) is 22.5 Å². The summed E-state index contributed by atoms with van der Waals surface area (Å²) in [6.07, 6.45) is 0. The first-order chi connectivity index (χ1) is 5.00. The van der Waals surface area contributed by atoms with Gasteiger partial charge < -0.3 is 0 Å². The Morgan fingerprint density at radius 1 is 1.36 bits per heavy atom. The summed E-state index contributed by atoms with van der Waals surface area (Å²) in [6.45, 7) is 1.90. The van der Waals surface area contributed by atoms with E-state index in [9.17, 15) is 4.57 Å². The minimum Gasteiger partial charge on any atom is -0.284 e. The molecular weight excluding hydrogens is 202 g/mol. The second kappa shape index (κ2) is 3.18. The van der Waals surface area contributed by atoms with Crippen LogP contribution in [0.15, 0.2) is 24.3 Å². The molecule has 0 fully saturated rings. The molecule has 0 aliphatic rings. The van der Waals surface area contributed by atoms with Crippen molar-refractivity contribution in [1.82, 2.24) is 0 Å². The van der Waals surface area contributed by atoms with Crippen LogP contribution in [-0.2, 0) is 4.57 Å². The van der Waals surface area contributed by atoms with E-state index in [1.54, 1.807) is 18.2 Å². The van der Waals surface area contributed by atoms with Crippen molar-refractivity contribution in [3.63, 3.8) is 0 Å². The summed E-state index contributed by atoms with van der Waals surface area (Å²) in [5.41, 5.74) is 1.00. The Labute approximate surface area is 75.3 Å². The van der Waals surface area contributed by atoms with Crippen LogP contribution in [0.1, 0.15) is 5.56 Å². The molecular formula is C7H7Cl2OP. The van der Waals surface area contributed by atoms with E-state index < -0.39 is 5.85 Å². The summed E-state index contributed by atoms with van der Waals surface area (Å²) in [4.78, 5) is 0. The van der Waals surface area contributed by atoms with E-state index in [1.807, 2.05) is 13.0 Å². The molecule has 0 N–H and O–H groups in total. The van der Waals surface area contributed by atoms with E-state index in [-0.39, 0.29) is 0 Å². The van der Waals surface area contributed by atoms with Gasteiger partial charge in [-0.25, -0.2) is 0 Å². The molecule has 0 heterocycles. The molecule has 0 atom stereocenters. The molecule has 1 rings (SSSR count). The van der Waals surface area contributed by atoms with Gasteiger partial charge in [0.2, 0.25) is 0 Å². The highest BCUT2D eigenvalue weighted by molar-refractivity contribution is 8.13.